The van der Waals surface area contributed by atoms with E-state index in [1.54, 1.807) is 0 Å². The molecule has 20 heavy (non-hydrogen) atoms. The molecule has 1 aromatic rings. The van der Waals surface area contributed by atoms with Gasteiger partial charge >= 0.3 is 0 Å². The largest absolute Gasteiger partial charge is 0.491 e. The van der Waals surface area contributed by atoms with E-state index in [0.717, 1.165) is 25.0 Å². The maximum atomic E-state index is 11.8. The first kappa shape index (κ1) is 14.9. The second kappa shape index (κ2) is 7.29. The van der Waals surface area contributed by atoms with Crippen molar-refractivity contribution in [2.24, 2.45) is 0 Å². The standard InChI is InChI=1S/C16H23NO3/c1-12(2)20-14-7-5-13(6-8-14)9-10-17-16(18)15-4-3-11-19-15/h5-8,12,15H,3-4,9-11H2,1-2H3,(H,17,18). The Bertz CT molecular complexity index is 422. The molecule has 0 aromatic heterocycles. The Labute approximate surface area is 120 Å². The van der Waals surface area contributed by atoms with E-state index in [4.69, 9.17) is 9.47 Å². The molecule has 1 unspecified atom stereocenters. The van der Waals surface area contributed by atoms with Gasteiger partial charge in [0.2, 0.25) is 5.91 Å². The smallest absolute Gasteiger partial charge is 0.249 e. The zero-order chi connectivity index (χ0) is 14.4. The van der Waals surface area contributed by atoms with Crippen LogP contribution in [0.3, 0.4) is 0 Å². The van der Waals surface area contributed by atoms with Crippen LogP contribution in [-0.2, 0) is 16.0 Å². The molecule has 4 nitrogen and oxygen atoms in total. The first-order valence-corrected chi connectivity index (χ1v) is 7.30. The molecule has 1 aliphatic heterocycles. The molecule has 1 aliphatic rings. The fraction of sp³-hybridized carbons (Fsp3) is 0.562. The number of amides is 1. The van der Waals surface area contributed by atoms with Crippen LogP contribution in [0.15, 0.2) is 24.3 Å². The van der Waals surface area contributed by atoms with Crippen molar-refractivity contribution < 1.29 is 14.3 Å². The summed E-state index contributed by atoms with van der Waals surface area (Å²) in [6.07, 6.45) is 2.59. The normalized spacial score (nSPS) is 18.2. The number of benzene rings is 1. The number of carbonyl (C=O) groups is 1. The second-order valence-electron chi connectivity index (χ2n) is 5.35. The Kier molecular flexibility index (Phi) is 5.41. The summed E-state index contributed by atoms with van der Waals surface area (Å²) in [4.78, 5) is 11.8. The molecule has 1 N–H and O–H groups in total. The van der Waals surface area contributed by atoms with Gasteiger partial charge in [0.15, 0.2) is 0 Å². The zero-order valence-corrected chi connectivity index (χ0v) is 12.2. The van der Waals surface area contributed by atoms with Gasteiger partial charge in [-0.05, 0) is 50.8 Å². The molecule has 0 radical (unpaired) electrons. The van der Waals surface area contributed by atoms with Gasteiger partial charge in [-0.25, -0.2) is 0 Å². The lowest BCUT2D eigenvalue weighted by molar-refractivity contribution is -0.129. The van der Waals surface area contributed by atoms with Crippen molar-refractivity contribution in [1.29, 1.82) is 0 Å². The van der Waals surface area contributed by atoms with Crippen molar-refractivity contribution in [2.45, 2.75) is 45.3 Å². The van der Waals surface area contributed by atoms with Crippen LogP contribution in [0, 0.1) is 0 Å². The molecule has 2 rings (SSSR count). The van der Waals surface area contributed by atoms with Gasteiger partial charge in [-0.1, -0.05) is 12.1 Å². The molecule has 0 saturated carbocycles. The van der Waals surface area contributed by atoms with Gasteiger partial charge in [0.1, 0.15) is 11.9 Å². The molecular weight excluding hydrogens is 254 g/mol. The van der Waals surface area contributed by atoms with Crippen LogP contribution in [0.5, 0.6) is 5.75 Å². The lowest BCUT2D eigenvalue weighted by Gasteiger charge is -2.11. The Hall–Kier alpha value is -1.55. The van der Waals surface area contributed by atoms with Crippen LogP contribution in [0.1, 0.15) is 32.3 Å². The number of ether oxygens (including phenoxy) is 2. The Morgan fingerprint density at radius 2 is 2.15 bits per heavy atom. The lowest BCUT2D eigenvalue weighted by Crippen LogP contribution is -2.35. The summed E-state index contributed by atoms with van der Waals surface area (Å²) in [7, 11) is 0. The second-order valence-corrected chi connectivity index (χ2v) is 5.35. The van der Waals surface area contributed by atoms with Crippen LogP contribution >= 0.6 is 0 Å². The van der Waals surface area contributed by atoms with Gasteiger partial charge in [-0.3, -0.25) is 4.79 Å². The van der Waals surface area contributed by atoms with Crippen LogP contribution in [0.2, 0.25) is 0 Å². The van der Waals surface area contributed by atoms with E-state index in [1.165, 1.54) is 5.56 Å². The third-order valence-corrected chi connectivity index (χ3v) is 3.23. The summed E-state index contributed by atoms with van der Waals surface area (Å²) < 4.78 is 10.9. The molecule has 0 bridgehead atoms. The van der Waals surface area contributed by atoms with E-state index in [-0.39, 0.29) is 18.1 Å². The molecule has 1 fully saturated rings. The maximum absolute atomic E-state index is 11.8. The quantitative estimate of drug-likeness (QED) is 0.868. The number of hydrogen-bond acceptors (Lipinski definition) is 3. The fourth-order valence-electron chi connectivity index (χ4n) is 2.24. The van der Waals surface area contributed by atoms with Crippen molar-refractivity contribution in [1.82, 2.24) is 5.32 Å². The Balaban J connectivity index is 1.72. The van der Waals surface area contributed by atoms with E-state index in [2.05, 4.69) is 5.32 Å². The topological polar surface area (TPSA) is 47.6 Å². The lowest BCUT2D eigenvalue weighted by atomic mass is 10.1. The molecule has 1 amide bonds. The highest BCUT2D eigenvalue weighted by molar-refractivity contribution is 5.80. The van der Waals surface area contributed by atoms with Gasteiger partial charge in [0.05, 0.1) is 6.10 Å². The van der Waals surface area contributed by atoms with Crippen molar-refractivity contribution in [3.05, 3.63) is 29.8 Å². The first-order valence-electron chi connectivity index (χ1n) is 7.30. The van der Waals surface area contributed by atoms with Crippen molar-refractivity contribution in [3.63, 3.8) is 0 Å². The van der Waals surface area contributed by atoms with E-state index in [1.807, 2.05) is 38.1 Å². The van der Waals surface area contributed by atoms with E-state index < -0.39 is 0 Å². The van der Waals surface area contributed by atoms with E-state index in [0.29, 0.717) is 13.2 Å². The molecule has 0 spiro atoms. The molecule has 0 aliphatic carbocycles. The average molecular weight is 277 g/mol. The third kappa shape index (κ3) is 4.53. The van der Waals surface area contributed by atoms with Crippen molar-refractivity contribution in [3.8, 4) is 5.75 Å². The van der Waals surface area contributed by atoms with Gasteiger partial charge in [-0.2, -0.15) is 0 Å². The van der Waals surface area contributed by atoms with Gasteiger partial charge in [0.25, 0.3) is 0 Å². The maximum Gasteiger partial charge on any atom is 0.249 e. The van der Waals surface area contributed by atoms with Gasteiger partial charge in [-0.15, -0.1) is 0 Å². The molecule has 1 saturated heterocycles. The summed E-state index contributed by atoms with van der Waals surface area (Å²) in [5.41, 5.74) is 1.19. The monoisotopic (exact) mass is 277 g/mol. The molecule has 1 aromatic carbocycles. The Morgan fingerprint density at radius 3 is 2.75 bits per heavy atom. The van der Waals surface area contributed by atoms with Crippen LogP contribution < -0.4 is 10.1 Å². The molecule has 4 heteroatoms. The van der Waals surface area contributed by atoms with Gasteiger partial charge < -0.3 is 14.8 Å². The Morgan fingerprint density at radius 1 is 1.40 bits per heavy atom. The minimum absolute atomic E-state index is 0.0160. The minimum Gasteiger partial charge on any atom is -0.491 e. The predicted octanol–water partition coefficient (Wildman–Crippen LogP) is 2.31. The first-order chi connectivity index (χ1) is 9.65. The van der Waals surface area contributed by atoms with Crippen LogP contribution in [-0.4, -0.2) is 31.3 Å². The number of rotatable bonds is 6. The number of hydrogen-bond donors (Lipinski definition) is 1. The van der Waals surface area contributed by atoms with Crippen molar-refractivity contribution >= 4 is 5.91 Å². The molecular formula is C16H23NO3. The summed E-state index contributed by atoms with van der Waals surface area (Å²) >= 11 is 0. The highest BCUT2D eigenvalue weighted by Crippen LogP contribution is 2.14. The number of carbonyl (C=O) groups excluding carboxylic acids is 1. The highest BCUT2D eigenvalue weighted by Gasteiger charge is 2.22. The zero-order valence-electron chi connectivity index (χ0n) is 12.2. The van der Waals surface area contributed by atoms with E-state index in [9.17, 15) is 4.79 Å². The third-order valence-electron chi connectivity index (χ3n) is 3.23. The molecule has 110 valence electrons. The highest BCUT2D eigenvalue weighted by atomic mass is 16.5. The van der Waals surface area contributed by atoms with Gasteiger partial charge in [0, 0.05) is 13.2 Å². The summed E-state index contributed by atoms with van der Waals surface area (Å²) in [5, 5.41) is 2.92. The summed E-state index contributed by atoms with van der Waals surface area (Å²) in [6, 6.07) is 8.01. The van der Waals surface area contributed by atoms with Crippen molar-refractivity contribution in [2.75, 3.05) is 13.2 Å². The number of nitrogens with one attached hydrogen (secondary N) is 1. The van der Waals surface area contributed by atoms with Crippen LogP contribution in [0.4, 0.5) is 0 Å². The summed E-state index contributed by atoms with van der Waals surface area (Å²) in [6.45, 7) is 5.36. The van der Waals surface area contributed by atoms with Crippen LogP contribution in [0.25, 0.3) is 0 Å². The SMILES string of the molecule is CC(C)Oc1ccc(CCNC(=O)C2CCCO2)cc1. The minimum atomic E-state index is -0.239. The predicted molar refractivity (Wildman–Crippen MR) is 77.9 cm³/mol. The molecule has 1 atom stereocenters. The average Bonchev–Trinajstić information content (AvgIpc) is 2.94. The molecule has 1 heterocycles. The van der Waals surface area contributed by atoms with E-state index >= 15 is 0 Å². The summed E-state index contributed by atoms with van der Waals surface area (Å²) in [5.74, 6) is 0.898. The fourth-order valence-corrected chi connectivity index (χ4v) is 2.24.